The van der Waals surface area contributed by atoms with Crippen molar-refractivity contribution in [1.82, 2.24) is 0 Å². The quantitative estimate of drug-likeness (QED) is 0.124. The molecule has 0 radical (unpaired) electrons. The summed E-state index contributed by atoms with van der Waals surface area (Å²) in [5.74, 6) is -5.44. The minimum Gasteiger partial charge on any atom is -0.367 e. The smallest absolute Gasteiger partial charge is 0.185 e. The molecule has 35 heavy (non-hydrogen) atoms. The molecule has 0 atom stereocenters. The summed E-state index contributed by atoms with van der Waals surface area (Å²) >= 11 is 0. The molecule has 0 unspecified atom stereocenters. The van der Waals surface area contributed by atoms with Crippen LogP contribution in [0.2, 0.25) is 0 Å². The number of hydrogen-bond donors (Lipinski definition) is 0. The summed E-state index contributed by atoms with van der Waals surface area (Å²) in [6.45, 7) is 16.3. The Morgan fingerprint density at radius 1 is 0.771 bits per heavy atom. The van der Waals surface area contributed by atoms with Crippen molar-refractivity contribution in [3.05, 3.63) is 58.9 Å². The van der Waals surface area contributed by atoms with Gasteiger partial charge in [-0.25, -0.2) is 22.1 Å². The highest BCUT2D eigenvalue weighted by Gasteiger charge is 2.27. The van der Waals surface area contributed by atoms with Gasteiger partial charge in [-0.2, -0.15) is 0 Å². The van der Waals surface area contributed by atoms with Crippen LogP contribution in [-0.4, -0.2) is 43.8 Å². The van der Waals surface area contributed by atoms with Crippen molar-refractivity contribution in [3.8, 4) is 0 Å². The molecule has 0 N–H and O–H groups in total. The SMILES string of the molecule is CCCN(CCC)c1c(F)c(F)c(C=Cc2cc[n+](CCC[N+](CC)(CC)CC)cc2)c(F)c1F. The lowest BCUT2D eigenvalue weighted by Crippen LogP contribution is -2.49. The zero-order valence-corrected chi connectivity index (χ0v) is 21.9. The molecule has 1 aromatic heterocycles. The Kier molecular flexibility index (Phi) is 11.2. The van der Waals surface area contributed by atoms with Gasteiger partial charge in [-0.15, -0.1) is 0 Å². The third kappa shape index (κ3) is 7.06. The molecule has 2 rings (SSSR count). The number of aromatic nitrogens is 1. The van der Waals surface area contributed by atoms with E-state index in [-0.39, 0.29) is 0 Å². The van der Waals surface area contributed by atoms with Crippen LogP contribution in [0.5, 0.6) is 0 Å². The average molecular weight is 496 g/mol. The summed E-state index contributed by atoms with van der Waals surface area (Å²) in [6, 6.07) is 3.64. The zero-order chi connectivity index (χ0) is 26.0. The Hall–Kier alpha value is -2.41. The predicted octanol–water partition coefficient (Wildman–Crippen LogP) is 6.59. The van der Waals surface area contributed by atoms with Gasteiger partial charge in [-0.1, -0.05) is 19.9 Å². The summed E-state index contributed by atoms with van der Waals surface area (Å²) in [5, 5.41) is 0. The molecule has 0 saturated carbocycles. The fourth-order valence-corrected chi connectivity index (χ4v) is 4.58. The number of rotatable bonds is 14. The molecule has 3 nitrogen and oxygen atoms in total. The van der Waals surface area contributed by atoms with Gasteiger partial charge in [0, 0.05) is 25.2 Å². The van der Waals surface area contributed by atoms with E-state index in [4.69, 9.17) is 0 Å². The fraction of sp³-hybridized carbons (Fsp3) is 0.536. The van der Waals surface area contributed by atoms with Crippen molar-refractivity contribution in [1.29, 1.82) is 0 Å². The highest BCUT2D eigenvalue weighted by Crippen LogP contribution is 2.32. The van der Waals surface area contributed by atoms with E-state index in [0.717, 1.165) is 49.7 Å². The van der Waals surface area contributed by atoms with Crippen molar-refractivity contribution in [2.24, 2.45) is 0 Å². The molecule has 0 fully saturated rings. The van der Waals surface area contributed by atoms with Crippen LogP contribution in [0.15, 0.2) is 24.5 Å². The maximum absolute atomic E-state index is 14.8. The van der Waals surface area contributed by atoms with Gasteiger partial charge in [0.25, 0.3) is 0 Å². The lowest BCUT2D eigenvalue weighted by Gasteiger charge is -2.35. The molecule has 0 amide bonds. The highest BCUT2D eigenvalue weighted by atomic mass is 19.2. The van der Waals surface area contributed by atoms with Crippen LogP contribution in [0.4, 0.5) is 23.2 Å². The van der Waals surface area contributed by atoms with Crippen LogP contribution < -0.4 is 9.47 Å². The van der Waals surface area contributed by atoms with E-state index in [2.05, 4.69) is 25.3 Å². The molecular formula is C28H41F4N3+2. The number of halogens is 4. The molecule has 0 spiro atoms. The van der Waals surface area contributed by atoms with Crippen molar-refractivity contribution >= 4 is 17.8 Å². The lowest BCUT2D eigenvalue weighted by atomic mass is 10.1. The molecule has 1 aromatic carbocycles. The standard InChI is InChI=1S/C28H41F4N3/c1-6-16-34(17-7-2)28-26(31)24(29)23(25(30)27(28)32)13-12-22-14-19-33(20-15-22)18-11-21-35(8-3,9-4)10-5/h12-15,19-20H,6-11,16-18,21H2,1-5H3/q+2. The molecule has 1 heterocycles. The molecule has 0 bridgehead atoms. The second kappa shape index (κ2) is 13.6. The molecule has 0 aliphatic rings. The first kappa shape index (κ1) is 28.8. The van der Waals surface area contributed by atoms with Crippen LogP contribution in [0.25, 0.3) is 12.2 Å². The maximum atomic E-state index is 14.8. The lowest BCUT2D eigenvalue weighted by molar-refractivity contribution is -0.925. The van der Waals surface area contributed by atoms with Crippen molar-refractivity contribution in [2.45, 2.75) is 60.4 Å². The Morgan fingerprint density at radius 3 is 1.74 bits per heavy atom. The van der Waals surface area contributed by atoms with E-state index in [1.54, 1.807) is 0 Å². The number of anilines is 1. The summed E-state index contributed by atoms with van der Waals surface area (Å²) in [4.78, 5) is 1.37. The zero-order valence-electron chi connectivity index (χ0n) is 21.9. The normalized spacial score (nSPS) is 12.0. The summed E-state index contributed by atoms with van der Waals surface area (Å²) in [6.07, 6.45) is 8.63. The summed E-state index contributed by atoms with van der Waals surface area (Å²) in [5.41, 5.74) is -0.649. The van der Waals surface area contributed by atoms with Crippen molar-refractivity contribution in [2.75, 3.05) is 44.2 Å². The third-order valence-electron chi connectivity index (χ3n) is 7.00. The number of hydrogen-bond acceptors (Lipinski definition) is 1. The highest BCUT2D eigenvalue weighted by molar-refractivity contribution is 5.71. The molecule has 0 aliphatic heterocycles. The molecular weight excluding hydrogens is 454 g/mol. The van der Waals surface area contributed by atoms with Gasteiger partial charge in [-0.3, -0.25) is 0 Å². The maximum Gasteiger partial charge on any atom is 0.185 e. The minimum absolute atomic E-state index is 0.315. The van der Waals surface area contributed by atoms with Crippen molar-refractivity contribution < 1.29 is 26.6 Å². The number of pyridine rings is 1. The van der Waals surface area contributed by atoms with Gasteiger partial charge >= 0.3 is 0 Å². The summed E-state index contributed by atoms with van der Waals surface area (Å²) < 4.78 is 62.3. The Balaban J connectivity index is 2.18. The topological polar surface area (TPSA) is 7.12 Å². The van der Waals surface area contributed by atoms with E-state index in [0.29, 0.717) is 31.5 Å². The van der Waals surface area contributed by atoms with E-state index >= 15 is 0 Å². The van der Waals surface area contributed by atoms with Crippen LogP contribution in [0.3, 0.4) is 0 Å². The van der Waals surface area contributed by atoms with Crippen LogP contribution in [0, 0.1) is 23.3 Å². The molecule has 194 valence electrons. The second-order valence-electron chi connectivity index (χ2n) is 9.08. The second-order valence-corrected chi connectivity index (χ2v) is 9.08. The van der Waals surface area contributed by atoms with Crippen LogP contribution in [0.1, 0.15) is 65.0 Å². The average Bonchev–Trinajstić information content (AvgIpc) is 2.87. The number of quaternary nitrogens is 1. The molecule has 0 aliphatic carbocycles. The van der Waals surface area contributed by atoms with E-state index in [1.807, 2.05) is 38.4 Å². The number of benzene rings is 1. The van der Waals surface area contributed by atoms with Gasteiger partial charge in [-0.05, 0) is 45.3 Å². The fourth-order valence-electron chi connectivity index (χ4n) is 4.58. The first-order chi connectivity index (χ1) is 16.8. The van der Waals surface area contributed by atoms with E-state index in [1.165, 1.54) is 11.0 Å². The number of aryl methyl sites for hydroxylation is 1. The van der Waals surface area contributed by atoms with Gasteiger partial charge in [0.05, 0.1) is 38.2 Å². The van der Waals surface area contributed by atoms with Gasteiger partial charge in [0.15, 0.2) is 42.2 Å². The first-order valence-corrected chi connectivity index (χ1v) is 12.9. The minimum atomic E-state index is -1.37. The largest absolute Gasteiger partial charge is 0.367 e. The molecule has 7 heteroatoms. The van der Waals surface area contributed by atoms with Crippen LogP contribution in [-0.2, 0) is 6.54 Å². The van der Waals surface area contributed by atoms with Gasteiger partial charge < -0.3 is 9.38 Å². The monoisotopic (exact) mass is 495 g/mol. The Labute approximate surface area is 208 Å². The molecule has 0 saturated heterocycles. The van der Waals surface area contributed by atoms with Crippen LogP contribution >= 0.6 is 0 Å². The first-order valence-electron chi connectivity index (χ1n) is 12.9. The van der Waals surface area contributed by atoms with Gasteiger partial charge in [0.2, 0.25) is 0 Å². The number of nitrogens with zero attached hydrogens (tertiary/aromatic N) is 3. The predicted molar refractivity (Wildman–Crippen MR) is 136 cm³/mol. The van der Waals surface area contributed by atoms with Crippen molar-refractivity contribution in [3.63, 3.8) is 0 Å². The molecule has 2 aromatic rings. The summed E-state index contributed by atoms with van der Waals surface area (Å²) in [7, 11) is 0. The van der Waals surface area contributed by atoms with Gasteiger partial charge in [0.1, 0.15) is 5.69 Å². The third-order valence-corrected chi connectivity index (χ3v) is 7.00. The van der Waals surface area contributed by atoms with E-state index < -0.39 is 34.5 Å². The van der Waals surface area contributed by atoms with E-state index in [9.17, 15) is 17.6 Å². The Morgan fingerprint density at radius 2 is 1.29 bits per heavy atom. The Bertz CT molecular complexity index is 926.